The molecular weight excluding hydrogens is 350 g/mol. The molecule has 2 N–H and O–H groups in total. The monoisotopic (exact) mass is 373 g/mol. The van der Waals surface area contributed by atoms with Gasteiger partial charge in [0.15, 0.2) is 0 Å². The predicted molar refractivity (Wildman–Crippen MR) is 108 cm³/mol. The number of phenolic OH excluding ortho intramolecular Hbond substituents is 1. The molecule has 0 radical (unpaired) electrons. The van der Waals surface area contributed by atoms with Crippen LogP contribution in [-0.4, -0.2) is 34.0 Å². The van der Waals surface area contributed by atoms with E-state index >= 15 is 0 Å². The van der Waals surface area contributed by atoms with Gasteiger partial charge in [-0.1, -0.05) is 25.1 Å². The lowest BCUT2D eigenvalue weighted by molar-refractivity contribution is 0.0713. The molecule has 142 valence electrons. The molecule has 3 aromatic rings. The quantitative estimate of drug-likeness (QED) is 0.717. The number of benzene rings is 2. The fourth-order valence-corrected chi connectivity index (χ4v) is 4.21. The van der Waals surface area contributed by atoms with Crippen LogP contribution in [0.4, 0.5) is 0 Å². The van der Waals surface area contributed by atoms with Crippen LogP contribution in [0.15, 0.2) is 42.6 Å². The summed E-state index contributed by atoms with van der Waals surface area (Å²) in [6.07, 6.45) is 4.96. The maximum Gasteiger partial charge on any atom is 0.253 e. The van der Waals surface area contributed by atoms with Gasteiger partial charge in [-0.2, -0.15) is 5.26 Å². The second-order valence-corrected chi connectivity index (χ2v) is 7.35. The van der Waals surface area contributed by atoms with Gasteiger partial charge in [-0.25, -0.2) is 0 Å². The number of carbonyl (C=O) groups excluding carboxylic acids is 1. The Kier molecular flexibility index (Phi) is 4.79. The SMILES string of the molecule is CCc1cccc2c(C3CCN(C(=O)c4ccc(C#N)c(O)c4)CC3)c[nH]c12. The zero-order chi connectivity index (χ0) is 19.7. The number of nitrogens with zero attached hydrogens (tertiary/aromatic N) is 2. The molecule has 5 nitrogen and oxygen atoms in total. The van der Waals surface area contributed by atoms with Crippen LogP contribution in [-0.2, 0) is 6.42 Å². The second kappa shape index (κ2) is 7.40. The van der Waals surface area contributed by atoms with E-state index in [1.165, 1.54) is 34.2 Å². The molecule has 28 heavy (non-hydrogen) atoms. The molecule has 5 heteroatoms. The van der Waals surface area contributed by atoms with Gasteiger partial charge >= 0.3 is 0 Å². The number of H-pyrrole nitrogens is 1. The number of phenols is 1. The van der Waals surface area contributed by atoms with Crippen molar-refractivity contribution in [3.8, 4) is 11.8 Å². The highest BCUT2D eigenvalue weighted by Crippen LogP contribution is 2.34. The lowest BCUT2D eigenvalue weighted by Crippen LogP contribution is -2.37. The van der Waals surface area contributed by atoms with Crippen molar-refractivity contribution in [2.24, 2.45) is 0 Å². The number of aromatic hydroxyl groups is 1. The van der Waals surface area contributed by atoms with Crippen molar-refractivity contribution >= 4 is 16.8 Å². The summed E-state index contributed by atoms with van der Waals surface area (Å²) < 4.78 is 0. The molecule has 1 aliphatic heterocycles. The number of hydrogen-bond donors (Lipinski definition) is 2. The normalized spacial score (nSPS) is 14.9. The number of likely N-dealkylation sites (tertiary alicyclic amines) is 1. The fourth-order valence-electron chi connectivity index (χ4n) is 4.21. The molecule has 2 aromatic carbocycles. The molecule has 0 unspecified atom stereocenters. The Morgan fingerprint density at radius 2 is 2.07 bits per heavy atom. The summed E-state index contributed by atoms with van der Waals surface area (Å²) >= 11 is 0. The summed E-state index contributed by atoms with van der Waals surface area (Å²) in [5.74, 6) is 0.193. The third kappa shape index (κ3) is 3.11. The third-order valence-corrected chi connectivity index (χ3v) is 5.80. The molecular formula is C23H23N3O2. The molecule has 0 spiro atoms. The van der Waals surface area contributed by atoms with E-state index < -0.39 is 0 Å². The highest BCUT2D eigenvalue weighted by molar-refractivity contribution is 5.95. The summed E-state index contributed by atoms with van der Waals surface area (Å²) in [7, 11) is 0. The number of hydrogen-bond acceptors (Lipinski definition) is 3. The van der Waals surface area contributed by atoms with E-state index in [0.29, 0.717) is 24.6 Å². The number of aromatic nitrogens is 1. The topological polar surface area (TPSA) is 80.1 Å². The fraction of sp³-hybridized carbons (Fsp3) is 0.304. The van der Waals surface area contributed by atoms with Gasteiger partial charge in [-0.05, 0) is 54.5 Å². The summed E-state index contributed by atoms with van der Waals surface area (Å²) in [6.45, 7) is 3.54. The van der Waals surface area contributed by atoms with Gasteiger partial charge in [0.25, 0.3) is 5.91 Å². The van der Waals surface area contributed by atoms with Crippen LogP contribution in [0.25, 0.3) is 10.9 Å². The molecule has 1 saturated heterocycles. The van der Waals surface area contributed by atoms with Crippen LogP contribution in [0.3, 0.4) is 0 Å². The molecule has 0 aliphatic carbocycles. The van der Waals surface area contributed by atoms with Gasteiger partial charge in [0.2, 0.25) is 0 Å². The largest absolute Gasteiger partial charge is 0.507 e. The number of nitrogens with one attached hydrogen (secondary N) is 1. The first-order chi connectivity index (χ1) is 13.6. The first-order valence-corrected chi connectivity index (χ1v) is 9.73. The van der Waals surface area contributed by atoms with E-state index in [-0.39, 0.29) is 17.2 Å². The lowest BCUT2D eigenvalue weighted by Gasteiger charge is -2.32. The van der Waals surface area contributed by atoms with Gasteiger partial charge in [0.05, 0.1) is 5.56 Å². The van der Waals surface area contributed by atoms with Crippen LogP contribution in [0.1, 0.15) is 52.7 Å². The summed E-state index contributed by atoms with van der Waals surface area (Å²) in [4.78, 5) is 18.1. The Morgan fingerprint density at radius 1 is 1.29 bits per heavy atom. The van der Waals surface area contributed by atoms with Crippen molar-refractivity contribution < 1.29 is 9.90 Å². The van der Waals surface area contributed by atoms with Crippen LogP contribution in [0.2, 0.25) is 0 Å². The Bertz CT molecular complexity index is 1070. The number of rotatable bonds is 3. The first-order valence-electron chi connectivity index (χ1n) is 9.73. The highest BCUT2D eigenvalue weighted by Gasteiger charge is 2.26. The molecule has 2 heterocycles. The second-order valence-electron chi connectivity index (χ2n) is 7.35. The number of carbonyl (C=O) groups is 1. The van der Waals surface area contributed by atoms with Crippen molar-refractivity contribution in [3.63, 3.8) is 0 Å². The van der Waals surface area contributed by atoms with E-state index in [1.807, 2.05) is 11.0 Å². The molecule has 0 bridgehead atoms. The Hall–Kier alpha value is -3.26. The third-order valence-electron chi connectivity index (χ3n) is 5.80. The molecule has 1 aliphatic rings. The van der Waals surface area contributed by atoms with Gasteiger partial charge in [-0.3, -0.25) is 4.79 Å². The van der Waals surface area contributed by atoms with Crippen molar-refractivity contribution in [1.82, 2.24) is 9.88 Å². The van der Waals surface area contributed by atoms with Crippen molar-refractivity contribution in [2.45, 2.75) is 32.1 Å². The van der Waals surface area contributed by atoms with Gasteiger partial charge in [0, 0.05) is 35.8 Å². The standard InChI is InChI=1S/C23H23N3O2/c1-2-15-4-3-5-19-20(14-25-22(15)19)16-8-10-26(11-9-16)23(28)17-6-7-18(13-24)21(27)12-17/h3-7,12,14,16,25,27H,2,8-11H2,1H3. The number of nitriles is 1. The van der Waals surface area contributed by atoms with Crippen LogP contribution < -0.4 is 0 Å². The Morgan fingerprint density at radius 3 is 2.75 bits per heavy atom. The van der Waals surface area contributed by atoms with Crippen LogP contribution in [0.5, 0.6) is 5.75 Å². The summed E-state index contributed by atoms with van der Waals surface area (Å²) in [5, 5.41) is 20.1. The van der Waals surface area contributed by atoms with E-state index in [0.717, 1.165) is 19.3 Å². The average molecular weight is 373 g/mol. The Labute approximate surface area is 164 Å². The number of amides is 1. The maximum atomic E-state index is 12.8. The molecule has 1 amide bonds. The van der Waals surface area contributed by atoms with Crippen LogP contribution >= 0.6 is 0 Å². The number of fused-ring (bicyclic) bond motifs is 1. The summed E-state index contributed by atoms with van der Waals surface area (Å²) in [6, 6.07) is 12.9. The summed E-state index contributed by atoms with van der Waals surface area (Å²) in [5.41, 5.74) is 4.51. The zero-order valence-electron chi connectivity index (χ0n) is 15.9. The van der Waals surface area contributed by atoms with Crippen molar-refractivity contribution in [2.75, 3.05) is 13.1 Å². The maximum absolute atomic E-state index is 12.8. The molecule has 0 saturated carbocycles. The minimum Gasteiger partial charge on any atom is -0.507 e. The van der Waals surface area contributed by atoms with Crippen LogP contribution in [0, 0.1) is 11.3 Å². The van der Waals surface area contributed by atoms with E-state index in [2.05, 4.69) is 36.3 Å². The first kappa shape index (κ1) is 18.1. The lowest BCUT2D eigenvalue weighted by atomic mass is 9.88. The molecule has 0 atom stereocenters. The molecule has 1 fully saturated rings. The Balaban J connectivity index is 1.49. The van der Waals surface area contributed by atoms with Gasteiger partial charge < -0.3 is 15.0 Å². The van der Waals surface area contributed by atoms with E-state index in [4.69, 9.17) is 5.26 Å². The average Bonchev–Trinajstić information content (AvgIpc) is 3.17. The molecule has 4 rings (SSSR count). The smallest absolute Gasteiger partial charge is 0.253 e. The highest BCUT2D eigenvalue weighted by atomic mass is 16.3. The minimum atomic E-state index is -0.145. The zero-order valence-corrected chi connectivity index (χ0v) is 15.9. The number of para-hydroxylation sites is 1. The van der Waals surface area contributed by atoms with E-state index in [1.54, 1.807) is 6.07 Å². The molecule has 1 aromatic heterocycles. The number of aryl methyl sites for hydroxylation is 1. The van der Waals surface area contributed by atoms with Gasteiger partial charge in [-0.15, -0.1) is 0 Å². The van der Waals surface area contributed by atoms with Gasteiger partial charge in [0.1, 0.15) is 11.8 Å². The number of aromatic amines is 1. The van der Waals surface area contributed by atoms with E-state index in [9.17, 15) is 9.90 Å². The predicted octanol–water partition coefficient (Wildman–Crippen LogP) is 4.33. The van der Waals surface area contributed by atoms with Crippen molar-refractivity contribution in [1.29, 1.82) is 5.26 Å². The number of piperidine rings is 1. The van der Waals surface area contributed by atoms with Crippen molar-refractivity contribution in [3.05, 3.63) is 64.8 Å². The minimum absolute atomic E-state index is 0.0922.